The number of carbonyl (C=O) groups is 4. The van der Waals surface area contributed by atoms with Crippen LogP contribution >= 0.6 is 12.6 Å². The maximum absolute atomic E-state index is 13.4. The minimum Gasteiger partial charge on any atom is -0.508 e. The highest BCUT2D eigenvalue weighted by atomic mass is 32.1. The van der Waals surface area contributed by atoms with Crippen LogP contribution < -0.4 is 21.3 Å². The first-order chi connectivity index (χ1) is 19.2. The van der Waals surface area contributed by atoms with Crippen LogP contribution in [0.25, 0.3) is 10.9 Å². The highest BCUT2D eigenvalue weighted by molar-refractivity contribution is 7.80. The summed E-state index contributed by atoms with van der Waals surface area (Å²) < 4.78 is 0. The first kappa shape index (κ1) is 29.0. The zero-order valence-electron chi connectivity index (χ0n) is 21.7. The SMILES string of the molecule is O=C(O)C(Cc1c[nH]c2ccccc12)NC(=O)C(Cc1ccc(O)cc1)NC(=O)C(CS)NC(=O)C1CCCN1. The molecule has 3 aromatic rings. The van der Waals surface area contributed by atoms with Crippen LogP contribution in [0.3, 0.4) is 0 Å². The molecule has 1 aromatic heterocycles. The van der Waals surface area contributed by atoms with Crippen molar-refractivity contribution in [3.63, 3.8) is 0 Å². The van der Waals surface area contributed by atoms with Gasteiger partial charge in [0.15, 0.2) is 0 Å². The molecule has 4 rings (SSSR count). The van der Waals surface area contributed by atoms with Crippen LogP contribution in [0, 0.1) is 0 Å². The molecule has 1 aliphatic heterocycles. The molecule has 1 saturated heterocycles. The van der Waals surface area contributed by atoms with Crippen LogP contribution in [0.5, 0.6) is 5.75 Å². The lowest BCUT2D eigenvalue weighted by atomic mass is 10.0. The summed E-state index contributed by atoms with van der Waals surface area (Å²) in [5.74, 6) is -2.83. The molecule has 1 aliphatic rings. The number of phenols is 1. The number of hydrogen-bond donors (Lipinski definition) is 8. The van der Waals surface area contributed by atoms with E-state index in [0.717, 1.165) is 22.9 Å². The number of amides is 3. The number of H-pyrrole nitrogens is 1. The smallest absolute Gasteiger partial charge is 0.326 e. The summed E-state index contributed by atoms with van der Waals surface area (Å²) in [5.41, 5.74) is 2.20. The molecule has 0 bridgehead atoms. The van der Waals surface area contributed by atoms with Crippen molar-refractivity contribution < 1.29 is 29.4 Å². The number of aromatic nitrogens is 1. The fourth-order valence-electron chi connectivity index (χ4n) is 4.72. The van der Waals surface area contributed by atoms with Gasteiger partial charge < -0.3 is 36.5 Å². The number of benzene rings is 2. The molecule has 2 aromatic carbocycles. The minimum atomic E-state index is -1.26. The van der Waals surface area contributed by atoms with Crippen molar-refractivity contribution in [3.8, 4) is 5.75 Å². The number of carboxylic acid groups (broad SMARTS) is 1. The average Bonchev–Trinajstić information content (AvgIpc) is 3.63. The first-order valence-electron chi connectivity index (χ1n) is 13.1. The Morgan fingerprint density at radius 1 is 0.925 bits per heavy atom. The fraction of sp³-hybridized carbons (Fsp3) is 0.357. The fourth-order valence-corrected chi connectivity index (χ4v) is 4.97. The first-order valence-corrected chi connectivity index (χ1v) is 13.7. The van der Waals surface area contributed by atoms with Gasteiger partial charge in [-0.3, -0.25) is 14.4 Å². The normalized spacial score (nSPS) is 17.1. The molecule has 212 valence electrons. The van der Waals surface area contributed by atoms with Gasteiger partial charge >= 0.3 is 5.97 Å². The maximum atomic E-state index is 13.4. The number of carboxylic acids is 1. The van der Waals surface area contributed by atoms with E-state index in [4.69, 9.17) is 0 Å². The third-order valence-electron chi connectivity index (χ3n) is 6.92. The Labute approximate surface area is 236 Å². The Bertz CT molecular complexity index is 1350. The number of para-hydroxylation sites is 1. The molecule has 12 heteroatoms. The van der Waals surface area contributed by atoms with Crippen molar-refractivity contribution >= 4 is 47.2 Å². The Morgan fingerprint density at radius 3 is 2.30 bits per heavy atom. The molecule has 7 N–H and O–H groups in total. The zero-order valence-corrected chi connectivity index (χ0v) is 22.6. The van der Waals surface area contributed by atoms with Gasteiger partial charge in [-0.05, 0) is 48.7 Å². The Morgan fingerprint density at radius 2 is 1.62 bits per heavy atom. The lowest BCUT2D eigenvalue weighted by Crippen LogP contribution is -2.58. The summed E-state index contributed by atoms with van der Waals surface area (Å²) in [5, 5.41) is 31.4. The minimum absolute atomic E-state index is 0.00381. The molecule has 0 radical (unpaired) electrons. The second-order valence-corrected chi connectivity index (χ2v) is 10.2. The summed E-state index contributed by atoms with van der Waals surface area (Å²) >= 11 is 4.21. The second kappa shape index (κ2) is 13.4. The molecule has 0 saturated carbocycles. The largest absolute Gasteiger partial charge is 0.508 e. The molecule has 4 unspecified atom stereocenters. The number of carbonyl (C=O) groups excluding carboxylic acids is 3. The van der Waals surface area contributed by atoms with Crippen LogP contribution in [-0.4, -0.2) is 75.4 Å². The van der Waals surface area contributed by atoms with Crippen molar-refractivity contribution in [1.29, 1.82) is 0 Å². The zero-order chi connectivity index (χ0) is 28.6. The van der Waals surface area contributed by atoms with Gasteiger partial charge in [-0.25, -0.2) is 4.79 Å². The van der Waals surface area contributed by atoms with E-state index >= 15 is 0 Å². The summed E-state index contributed by atoms with van der Waals surface area (Å²) in [6, 6.07) is 9.73. The van der Waals surface area contributed by atoms with Gasteiger partial charge in [-0.2, -0.15) is 12.6 Å². The lowest BCUT2D eigenvalue weighted by Gasteiger charge is -2.25. The molecule has 3 amide bonds. The van der Waals surface area contributed by atoms with Crippen LogP contribution in [0.1, 0.15) is 24.0 Å². The quantitative estimate of drug-likeness (QED) is 0.150. The number of fused-ring (bicyclic) bond motifs is 1. The van der Waals surface area contributed by atoms with Gasteiger partial charge in [0.1, 0.15) is 23.9 Å². The Kier molecular flexibility index (Phi) is 9.67. The predicted molar refractivity (Wildman–Crippen MR) is 152 cm³/mol. The van der Waals surface area contributed by atoms with E-state index < -0.39 is 42.0 Å². The van der Waals surface area contributed by atoms with Gasteiger partial charge in [-0.15, -0.1) is 0 Å². The molecule has 40 heavy (non-hydrogen) atoms. The molecule has 4 atom stereocenters. The van der Waals surface area contributed by atoms with E-state index in [0.29, 0.717) is 18.5 Å². The van der Waals surface area contributed by atoms with Crippen molar-refractivity contribution in [1.82, 2.24) is 26.3 Å². The Balaban J connectivity index is 1.50. The number of aromatic hydroxyl groups is 1. The number of phenolic OH excluding ortho intramolecular Hbond substituents is 1. The van der Waals surface area contributed by atoms with Crippen LogP contribution in [0.2, 0.25) is 0 Å². The number of rotatable bonds is 12. The third-order valence-corrected chi connectivity index (χ3v) is 7.28. The highest BCUT2D eigenvalue weighted by Crippen LogP contribution is 2.19. The van der Waals surface area contributed by atoms with E-state index in [1.807, 2.05) is 24.3 Å². The van der Waals surface area contributed by atoms with Gasteiger partial charge in [0, 0.05) is 35.7 Å². The summed E-state index contributed by atoms with van der Waals surface area (Å²) in [6.07, 6.45) is 3.27. The lowest BCUT2D eigenvalue weighted by molar-refractivity contribution is -0.142. The van der Waals surface area contributed by atoms with Gasteiger partial charge in [0.2, 0.25) is 17.7 Å². The van der Waals surface area contributed by atoms with Gasteiger partial charge in [0.25, 0.3) is 0 Å². The van der Waals surface area contributed by atoms with Gasteiger partial charge in [-0.1, -0.05) is 30.3 Å². The number of nitrogens with one attached hydrogen (secondary N) is 5. The predicted octanol–water partition coefficient (Wildman–Crippen LogP) is 0.880. The summed E-state index contributed by atoms with van der Waals surface area (Å²) in [4.78, 5) is 54.4. The van der Waals surface area contributed by atoms with E-state index in [1.165, 1.54) is 12.1 Å². The molecule has 11 nitrogen and oxygen atoms in total. The average molecular weight is 568 g/mol. The number of aromatic amines is 1. The van der Waals surface area contributed by atoms with Crippen molar-refractivity contribution in [2.45, 2.75) is 49.9 Å². The van der Waals surface area contributed by atoms with Gasteiger partial charge in [0.05, 0.1) is 6.04 Å². The van der Waals surface area contributed by atoms with E-state index in [9.17, 15) is 29.4 Å². The Hall–Kier alpha value is -4.03. The number of hydrogen-bond acceptors (Lipinski definition) is 7. The van der Waals surface area contributed by atoms with Crippen LogP contribution in [0.4, 0.5) is 0 Å². The van der Waals surface area contributed by atoms with Crippen LogP contribution in [0.15, 0.2) is 54.7 Å². The number of aliphatic carboxylic acids is 1. The standard InChI is InChI=1S/C28H33N5O6S/c34-18-9-7-16(8-10-18)12-22(31-27(37)24(15-40)33-25(35)21-6-3-11-29-21)26(36)32-23(28(38)39)13-17-14-30-20-5-2-1-4-19(17)20/h1-2,4-5,7-10,14,21-24,29-30,34,40H,3,6,11-13,15H2,(H,31,37)(H,32,36)(H,33,35)(H,38,39). The second-order valence-electron chi connectivity index (χ2n) is 9.79. The van der Waals surface area contributed by atoms with Crippen molar-refractivity contribution in [3.05, 3.63) is 65.9 Å². The molecule has 0 spiro atoms. The maximum Gasteiger partial charge on any atom is 0.326 e. The number of thiol groups is 1. The van der Waals surface area contributed by atoms with Crippen molar-refractivity contribution in [2.75, 3.05) is 12.3 Å². The summed E-state index contributed by atoms with van der Waals surface area (Å²) in [7, 11) is 0. The molecule has 0 aliphatic carbocycles. The van der Waals surface area contributed by atoms with Crippen LogP contribution in [-0.2, 0) is 32.0 Å². The molecular weight excluding hydrogens is 534 g/mol. The molecular formula is C28H33N5O6S. The van der Waals surface area contributed by atoms with E-state index in [2.05, 4.69) is 38.9 Å². The highest BCUT2D eigenvalue weighted by Gasteiger charge is 2.31. The van der Waals surface area contributed by atoms with E-state index in [1.54, 1.807) is 18.3 Å². The summed E-state index contributed by atoms with van der Waals surface area (Å²) in [6.45, 7) is 0.716. The molecule has 1 fully saturated rings. The third kappa shape index (κ3) is 7.33. The topological polar surface area (TPSA) is 173 Å². The van der Waals surface area contributed by atoms with E-state index in [-0.39, 0.29) is 30.3 Å². The van der Waals surface area contributed by atoms with Crippen molar-refractivity contribution in [2.24, 2.45) is 0 Å². The monoisotopic (exact) mass is 567 g/mol. The molecule has 2 heterocycles.